The minimum atomic E-state index is -0.399. The summed E-state index contributed by atoms with van der Waals surface area (Å²) >= 11 is 0. The third kappa shape index (κ3) is 1.90. The third-order valence-electron chi connectivity index (χ3n) is 2.76. The Morgan fingerprint density at radius 2 is 2.22 bits per heavy atom. The number of fused-ring (bicyclic) bond motifs is 1. The van der Waals surface area contributed by atoms with Crippen LogP contribution in [0.4, 0.5) is 4.79 Å². The molecule has 3 rings (SSSR count). The van der Waals surface area contributed by atoms with Gasteiger partial charge in [0.2, 0.25) is 0 Å². The number of cyclic esters (lactones) is 1. The molecule has 0 aliphatic carbocycles. The molecule has 1 aromatic heterocycles. The second-order valence-electron chi connectivity index (χ2n) is 3.90. The van der Waals surface area contributed by atoms with Gasteiger partial charge in [0.15, 0.2) is 0 Å². The van der Waals surface area contributed by atoms with Crippen LogP contribution in [0.1, 0.15) is 5.56 Å². The third-order valence-corrected chi connectivity index (χ3v) is 2.76. The Hall–Kier alpha value is -2.43. The zero-order valence-corrected chi connectivity index (χ0v) is 9.61. The molecule has 0 unspecified atom stereocenters. The first-order valence-electron chi connectivity index (χ1n) is 5.66. The van der Waals surface area contributed by atoms with Crippen molar-refractivity contribution >= 4 is 23.2 Å². The fourth-order valence-electron chi connectivity index (χ4n) is 1.85. The highest BCUT2D eigenvalue weighted by molar-refractivity contribution is 5.98. The van der Waals surface area contributed by atoms with Crippen LogP contribution in [0.3, 0.4) is 0 Å². The fraction of sp³-hybridized carbons (Fsp3) is 0.154. The van der Waals surface area contributed by atoms with Crippen LogP contribution < -0.4 is 0 Å². The lowest BCUT2D eigenvalue weighted by Crippen LogP contribution is -2.17. The number of aromatic nitrogens is 1. The lowest BCUT2D eigenvalue weighted by molar-refractivity contribution is 0.159. The molecule has 1 aromatic carbocycles. The SMILES string of the molecule is O=C1OCCN1/N=C\c1ccnc2ccccc12. The van der Waals surface area contributed by atoms with Crippen molar-refractivity contribution in [2.75, 3.05) is 13.2 Å². The predicted molar refractivity (Wildman–Crippen MR) is 67.4 cm³/mol. The quantitative estimate of drug-likeness (QED) is 0.756. The average molecular weight is 241 g/mol. The zero-order valence-electron chi connectivity index (χ0n) is 9.61. The molecule has 0 spiro atoms. The Bertz CT molecular complexity index is 619. The van der Waals surface area contributed by atoms with Crippen LogP contribution in [-0.2, 0) is 4.74 Å². The van der Waals surface area contributed by atoms with Gasteiger partial charge in [-0.25, -0.2) is 4.79 Å². The van der Waals surface area contributed by atoms with E-state index in [4.69, 9.17) is 4.74 Å². The number of benzene rings is 1. The number of hydrogen-bond donors (Lipinski definition) is 0. The number of hydrazone groups is 1. The smallest absolute Gasteiger partial charge is 0.430 e. The van der Waals surface area contributed by atoms with Gasteiger partial charge in [-0.05, 0) is 12.1 Å². The van der Waals surface area contributed by atoms with Crippen molar-refractivity contribution in [3.63, 3.8) is 0 Å². The standard InChI is InChI=1S/C13H11N3O2/c17-13-16(7-8-18-13)15-9-10-5-6-14-12-4-2-1-3-11(10)12/h1-6,9H,7-8H2/b15-9-. The molecule has 0 saturated carbocycles. The monoisotopic (exact) mass is 241 g/mol. The van der Waals surface area contributed by atoms with Crippen LogP contribution in [-0.4, -0.2) is 35.5 Å². The van der Waals surface area contributed by atoms with Crippen LogP contribution >= 0.6 is 0 Å². The topological polar surface area (TPSA) is 54.8 Å². The van der Waals surface area contributed by atoms with Crippen molar-refractivity contribution in [1.82, 2.24) is 9.99 Å². The second kappa shape index (κ2) is 4.44. The maximum absolute atomic E-state index is 11.2. The van der Waals surface area contributed by atoms with E-state index in [1.54, 1.807) is 12.4 Å². The predicted octanol–water partition coefficient (Wildman–Crippen LogP) is 2.02. The van der Waals surface area contributed by atoms with Gasteiger partial charge in [-0.15, -0.1) is 0 Å². The van der Waals surface area contributed by atoms with Crippen molar-refractivity contribution in [2.45, 2.75) is 0 Å². The summed E-state index contributed by atoms with van der Waals surface area (Å²) in [4.78, 5) is 15.5. The molecule has 0 N–H and O–H groups in total. The van der Waals surface area contributed by atoms with E-state index >= 15 is 0 Å². The summed E-state index contributed by atoms with van der Waals surface area (Å²) in [6, 6.07) is 9.68. The number of para-hydroxylation sites is 1. The highest BCUT2D eigenvalue weighted by Crippen LogP contribution is 2.14. The van der Waals surface area contributed by atoms with E-state index in [2.05, 4.69) is 10.1 Å². The maximum Gasteiger partial charge on any atom is 0.430 e. The molecule has 1 aliphatic heterocycles. The highest BCUT2D eigenvalue weighted by Gasteiger charge is 2.20. The molecule has 1 aliphatic rings. The first-order valence-corrected chi connectivity index (χ1v) is 5.66. The van der Waals surface area contributed by atoms with E-state index in [1.165, 1.54) is 5.01 Å². The van der Waals surface area contributed by atoms with E-state index < -0.39 is 6.09 Å². The molecule has 0 atom stereocenters. The summed E-state index contributed by atoms with van der Waals surface area (Å²) < 4.78 is 4.80. The molecule has 0 radical (unpaired) electrons. The second-order valence-corrected chi connectivity index (χ2v) is 3.90. The largest absolute Gasteiger partial charge is 0.446 e. The van der Waals surface area contributed by atoms with Crippen LogP contribution in [0.2, 0.25) is 0 Å². The van der Waals surface area contributed by atoms with Gasteiger partial charge in [-0.2, -0.15) is 10.1 Å². The fourth-order valence-corrected chi connectivity index (χ4v) is 1.85. The van der Waals surface area contributed by atoms with Crippen molar-refractivity contribution in [3.8, 4) is 0 Å². The summed E-state index contributed by atoms with van der Waals surface area (Å²) in [5.74, 6) is 0. The van der Waals surface area contributed by atoms with Gasteiger partial charge >= 0.3 is 6.09 Å². The molecule has 18 heavy (non-hydrogen) atoms. The molecule has 1 saturated heterocycles. The summed E-state index contributed by atoms with van der Waals surface area (Å²) in [7, 11) is 0. The summed E-state index contributed by atoms with van der Waals surface area (Å²) in [6.07, 6.45) is 2.99. The zero-order chi connectivity index (χ0) is 12.4. The number of hydrogen-bond acceptors (Lipinski definition) is 4. The average Bonchev–Trinajstić information content (AvgIpc) is 2.82. The number of amides is 1. The van der Waals surface area contributed by atoms with Gasteiger partial charge < -0.3 is 4.74 Å². The van der Waals surface area contributed by atoms with Crippen molar-refractivity contribution in [1.29, 1.82) is 0 Å². The van der Waals surface area contributed by atoms with Crippen molar-refractivity contribution in [2.24, 2.45) is 5.10 Å². The summed E-state index contributed by atoms with van der Waals surface area (Å²) in [6.45, 7) is 0.894. The number of pyridine rings is 1. The van der Waals surface area contributed by atoms with E-state index in [1.807, 2.05) is 30.3 Å². The molecular weight excluding hydrogens is 230 g/mol. The Labute approximate surface area is 104 Å². The Morgan fingerprint density at radius 1 is 1.33 bits per heavy atom. The minimum Gasteiger partial charge on any atom is -0.446 e. The van der Waals surface area contributed by atoms with Crippen molar-refractivity contribution < 1.29 is 9.53 Å². The highest BCUT2D eigenvalue weighted by atomic mass is 16.6. The molecule has 5 heteroatoms. The molecular formula is C13H11N3O2. The van der Waals surface area contributed by atoms with E-state index in [0.29, 0.717) is 13.2 Å². The first-order chi connectivity index (χ1) is 8.84. The molecule has 5 nitrogen and oxygen atoms in total. The van der Waals surface area contributed by atoms with E-state index in [0.717, 1.165) is 16.5 Å². The molecule has 1 amide bonds. The molecule has 2 aromatic rings. The van der Waals surface area contributed by atoms with Crippen LogP contribution in [0.5, 0.6) is 0 Å². The Balaban J connectivity index is 1.95. The van der Waals surface area contributed by atoms with E-state index in [-0.39, 0.29) is 0 Å². The number of carbonyl (C=O) groups excluding carboxylic acids is 1. The number of nitrogens with zero attached hydrogens (tertiary/aromatic N) is 3. The van der Waals surface area contributed by atoms with Crippen LogP contribution in [0, 0.1) is 0 Å². The maximum atomic E-state index is 11.2. The van der Waals surface area contributed by atoms with E-state index in [9.17, 15) is 4.79 Å². The van der Waals surface area contributed by atoms with Gasteiger partial charge in [0, 0.05) is 17.1 Å². The Morgan fingerprint density at radius 3 is 3.06 bits per heavy atom. The minimum absolute atomic E-state index is 0.396. The van der Waals surface area contributed by atoms with Gasteiger partial charge in [0.1, 0.15) is 6.61 Å². The molecule has 2 heterocycles. The number of rotatable bonds is 2. The molecule has 0 bridgehead atoms. The first kappa shape index (κ1) is 10.7. The van der Waals surface area contributed by atoms with Gasteiger partial charge in [0.05, 0.1) is 18.3 Å². The normalized spacial score (nSPS) is 15.6. The van der Waals surface area contributed by atoms with Gasteiger partial charge in [-0.1, -0.05) is 18.2 Å². The lowest BCUT2D eigenvalue weighted by Gasteiger charge is -2.04. The summed E-state index contributed by atoms with van der Waals surface area (Å²) in [5.41, 5.74) is 1.84. The number of carbonyl (C=O) groups is 1. The molecule has 1 fully saturated rings. The Kier molecular flexibility index (Phi) is 2.64. The van der Waals surface area contributed by atoms with Crippen molar-refractivity contribution in [3.05, 3.63) is 42.1 Å². The van der Waals surface area contributed by atoms with Crippen LogP contribution in [0.25, 0.3) is 10.9 Å². The van der Waals surface area contributed by atoms with Crippen LogP contribution in [0.15, 0.2) is 41.6 Å². The summed E-state index contributed by atoms with van der Waals surface area (Å²) in [5, 5.41) is 6.46. The lowest BCUT2D eigenvalue weighted by atomic mass is 10.1. The molecule has 90 valence electrons. The van der Waals surface area contributed by atoms with Gasteiger partial charge in [0.25, 0.3) is 0 Å². The number of ether oxygens (including phenoxy) is 1. The van der Waals surface area contributed by atoms with Gasteiger partial charge in [-0.3, -0.25) is 4.98 Å².